The SMILES string of the molecule is [CH]1C=C[C](C2([C]3C=C[CH]C=C3)CC(c3ccccc3)c3ccccc32)C=C1. The molecule has 0 aromatic heterocycles. The lowest BCUT2D eigenvalue weighted by molar-refractivity contribution is 0.504. The van der Waals surface area contributed by atoms with Crippen LogP contribution in [0.4, 0.5) is 0 Å². The second-order valence-corrected chi connectivity index (χ2v) is 7.39. The van der Waals surface area contributed by atoms with E-state index >= 15 is 0 Å². The molecule has 0 heteroatoms. The highest BCUT2D eigenvalue weighted by Crippen LogP contribution is 2.59. The summed E-state index contributed by atoms with van der Waals surface area (Å²) in [5.41, 5.74) is 4.19. The first-order chi connectivity index (χ1) is 13.4. The van der Waals surface area contributed by atoms with Crippen LogP contribution in [0.3, 0.4) is 0 Å². The van der Waals surface area contributed by atoms with Crippen LogP contribution < -0.4 is 0 Å². The monoisotopic (exact) mass is 346 g/mol. The molecule has 0 N–H and O–H groups in total. The van der Waals surface area contributed by atoms with E-state index in [4.69, 9.17) is 0 Å². The first-order valence-electron chi connectivity index (χ1n) is 9.65. The van der Waals surface area contributed by atoms with Gasteiger partial charge in [0.25, 0.3) is 0 Å². The molecule has 3 aliphatic rings. The number of rotatable bonds is 3. The second-order valence-electron chi connectivity index (χ2n) is 7.39. The molecule has 0 aliphatic heterocycles. The minimum absolute atomic E-state index is 0.111. The maximum absolute atomic E-state index is 2.33. The maximum atomic E-state index is 2.33. The fourth-order valence-electron chi connectivity index (χ4n) is 4.86. The van der Waals surface area contributed by atoms with Crippen molar-refractivity contribution < 1.29 is 0 Å². The Bertz CT molecular complexity index is 872. The van der Waals surface area contributed by atoms with E-state index in [2.05, 4.69) is 116 Å². The van der Waals surface area contributed by atoms with Gasteiger partial charge in [0.15, 0.2) is 0 Å². The standard InChI is InChI=1S/C27H22/c1-4-12-21(13-5-1)25-20-27(22-14-6-2-7-15-22,23-16-8-3-9-17-23)26-19-11-10-18-24(25)26/h1-19,25H,20H2. The van der Waals surface area contributed by atoms with Crippen LogP contribution in [-0.4, -0.2) is 0 Å². The summed E-state index contributed by atoms with van der Waals surface area (Å²) in [7, 11) is 0. The first-order valence-corrected chi connectivity index (χ1v) is 9.65. The van der Waals surface area contributed by atoms with Crippen molar-refractivity contribution in [3.63, 3.8) is 0 Å². The molecule has 1 atom stereocenters. The lowest BCUT2D eigenvalue weighted by Gasteiger charge is -2.41. The van der Waals surface area contributed by atoms with E-state index < -0.39 is 0 Å². The van der Waals surface area contributed by atoms with Gasteiger partial charge in [0.05, 0.1) is 0 Å². The summed E-state index contributed by atoms with van der Waals surface area (Å²) in [6, 6.07) is 20.0. The van der Waals surface area contributed by atoms with Gasteiger partial charge in [-0.05, 0) is 23.1 Å². The van der Waals surface area contributed by atoms with Gasteiger partial charge in [-0.15, -0.1) is 0 Å². The molecular formula is C27H22. The molecular weight excluding hydrogens is 324 g/mol. The summed E-state index contributed by atoms with van der Waals surface area (Å²) >= 11 is 0. The molecule has 27 heavy (non-hydrogen) atoms. The third kappa shape index (κ3) is 2.67. The molecule has 0 heterocycles. The molecule has 130 valence electrons. The molecule has 0 amide bonds. The predicted molar refractivity (Wildman–Crippen MR) is 113 cm³/mol. The van der Waals surface area contributed by atoms with E-state index in [-0.39, 0.29) is 5.41 Å². The number of fused-ring (bicyclic) bond motifs is 1. The molecule has 4 radical (unpaired) electrons. The summed E-state index contributed by atoms with van der Waals surface area (Å²) < 4.78 is 0. The van der Waals surface area contributed by atoms with Crippen molar-refractivity contribution in [3.05, 3.63) is 145 Å². The number of benzene rings is 2. The Morgan fingerprint density at radius 3 is 1.81 bits per heavy atom. The zero-order chi connectivity index (χ0) is 18.1. The van der Waals surface area contributed by atoms with Crippen molar-refractivity contribution in [2.45, 2.75) is 17.8 Å². The molecule has 5 rings (SSSR count). The zero-order valence-electron chi connectivity index (χ0n) is 15.3. The second kappa shape index (κ2) is 6.85. The fourth-order valence-corrected chi connectivity index (χ4v) is 4.86. The minimum Gasteiger partial charge on any atom is -0.0798 e. The molecule has 0 bridgehead atoms. The van der Waals surface area contributed by atoms with E-state index in [0.717, 1.165) is 6.42 Å². The Morgan fingerprint density at radius 1 is 0.630 bits per heavy atom. The molecule has 3 aliphatic carbocycles. The molecule has 2 aromatic carbocycles. The Hall–Kier alpha value is -2.60. The number of hydrogen-bond acceptors (Lipinski definition) is 0. The Kier molecular flexibility index (Phi) is 4.20. The van der Waals surface area contributed by atoms with Gasteiger partial charge >= 0.3 is 0 Å². The van der Waals surface area contributed by atoms with Gasteiger partial charge in [0, 0.05) is 36.0 Å². The third-order valence-corrected chi connectivity index (χ3v) is 6.04. The predicted octanol–water partition coefficient (Wildman–Crippen LogP) is 6.27. The first kappa shape index (κ1) is 16.6. The largest absolute Gasteiger partial charge is 0.0798 e. The lowest BCUT2D eigenvalue weighted by atomic mass is 9.61. The summed E-state index contributed by atoms with van der Waals surface area (Å²) in [6.07, 6.45) is 23.1. The maximum Gasteiger partial charge on any atom is 0.0306 e. The fraction of sp³-hybridized carbons (Fsp3) is 0.111. The summed E-state index contributed by atoms with van der Waals surface area (Å²) in [5, 5.41) is 0. The van der Waals surface area contributed by atoms with Crippen molar-refractivity contribution in [3.8, 4) is 0 Å². The van der Waals surface area contributed by atoms with Crippen LogP contribution in [0.1, 0.15) is 29.0 Å². The van der Waals surface area contributed by atoms with E-state index in [0.29, 0.717) is 5.92 Å². The molecule has 0 spiro atoms. The van der Waals surface area contributed by atoms with Gasteiger partial charge < -0.3 is 0 Å². The molecule has 0 saturated heterocycles. The van der Waals surface area contributed by atoms with E-state index in [1.807, 2.05) is 0 Å². The number of allylic oxidation sites excluding steroid dienone is 8. The van der Waals surface area contributed by atoms with Gasteiger partial charge in [-0.3, -0.25) is 0 Å². The van der Waals surface area contributed by atoms with E-state index in [9.17, 15) is 0 Å². The average molecular weight is 346 g/mol. The van der Waals surface area contributed by atoms with E-state index in [1.165, 1.54) is 28.5 Å². The highest BCUT2D eigenvalue weighted by Gasteiger charge is 2.51. The van der Waals surface area contributed by atoms with Crippen LogP contribution in [0.2, 0.25) is 0 Å². The highest BCUT2D eigenvalue weighted by atomic mass is 14.5. The van der Waals surface area contributed by atoms with Crippen LogP contribution in [0, 0.1) is 24.7 Å². The van der Waals surface area contributed by atoms with Gasteiger partial charge in [0.1, 0.15) is 0 Å². The zero-order valence-corrected chi connectivity index (χ0v) is 15.3. The minimum atomic E-state index is -0.111. The van der Waals surface area contributed by atoms with Crippen LogP contribution in [0.25, 0.3) is 0 Å². The Labute approximate surface area is 162 Å². The Morgan fingerprint density at radius 2 is 1.19 bits per heavy atom. The third-order valence-electron chi connectivity index (χ3n) is 6.04. The topological polar surface area (TPSA) is 0 Å². The normalized spacial score (nSPS) is 23.6. The Balaban J connectivity index is 1.71. The smallest absolute Gasteiger partial charge is 0.0306 e. The average Bonchev–Trinajstić information content (AvgIpc) is 3.12. The lowest BCUT2D eigenvalue weighted by Crippen LogP contribution is -2.36. The summed E-state index contributed by atoms with van der Waals surface area (Å²) in [6.45, 7) is 0. The van der Waals surface area contributed by atoms with Crippen molar-refractivity contribution in [1.29, 1.82) is 0 Å². The molecule has 2 aromatic rings. The highest BCUT2D eigenvalue weighted by molar-refractivity contribution is 5.64. The molecule has 0 fully saturated rings. The van der Waals surface area contributed by atoms with Crippen LogP contribution in [0.15, 0.2) is 103 Å². The van der Waals surface area contributed by atoms with Crippen LogP contribution >= 0.6 is 0 Å². The summed E-state index contributed by atoms with van der Waals surface area (Å²) in [4.78, 5) is 0. The number of hydrogen-bond donors (Lipinski definition) is 0. The van der Waals surface area contributed by atoms with Crippen molar-refractivity contribution in [1.82, 2.24) is 0 Å². The summed E-state index contributed by atoms with van der Waals surface area (Å²) in [5.74, 6) is 3.16. The van der Waals surface area contributed by atoms with Crippen molar-refractivity contribution in [2.75, 3.05) is 0 Å². The van der Waals surface area contributed by atoms with Gasteiger partial charge in [0.2, 0.25) is 0 Å². The molecule has 0 saturated carbocycles. The van der Waals surface area contributed by atoms with Crippen LogP contribution in [0.5, 0.6) is 0 Å². The van der Waals surface area contributed by atoms with Crippen molar-refractivity contribution in [2.24, 2.45) is 0 Å². The quantitative estimate of drug-likeness (QED) is 0.614. The van der Waals surface area contributed by atoms with E-state index in [1.54, 1.807) is 0 Å². The molecule has 1 unspecified atom stereocenters. The van der Waals surface area contributed by atoms with Gasteiger partial charge in [-0.2, -0.15) is 0 Å². The van der Waals surface area contributed by atoms with Gasteiger partial charge in [-0.1, -0.05) is 103 Å². The van der Waals surface area contributed by atoms with Gasteiger partial charge in [-0.25, -0.2) is 0 Å². The van der Waals surface area contributed by atoms with Crippen LogP contribution in [-0.2, 0) is 5.41 Å². The molecule has 0 nitrogen and oxygen atoms in total. The van der Waals surface area contributed by atoms with Crippen molar-refractivity contribution >= 4 is 0 Å².